The Hall–Kier alpha value is -3.37. The number of anilines is 1. The first-order chi connectivity index (χ1) is 15.0. The summed E-state index contributed by atoms with van der Waals surface area (Å²) in [5, 5.41) is 6.77. The fourth-order valence-electron chi connectivity index (χ4n) is 3.68. The minimum absolute atomic E-state index is 0.0367. The SMILES string of the molecule is CC(=O)N1CCC(n2nc(C(=O)NC(C)c3cc(N)cc(C(F)(F)F)c3)ccc2=O)CC1. The average molecular weight is 451 g/mol. The summed E-state index contributed by atoms with van der Waals surface area (Å²) in [5.41, 5.74) is 4.40. The number of nitrogen functional groups attached to an aromatic ring is 1. The summed E-state index contributed by atoms with van der Waals surface area (Å²) in [6, 6.07) is 4.57. The molecular formula is C21H24F3N5O3. The molecular weight excluding hydrogens is 427 g/mol. The minimum atomic E-state index is -4.57. The van der Waals surface area contributed by atoms with Crippen molar-refractivity contribution in [3.8, 4) is 0 Å². The summed E-state index contributed by atoms with van der Waals surface area (Å²) in [6.07, 6.45) is -3.52. The number of halogens is 3. The molecule has 3 rings (SSSR count). The standard InChI is InChI=1S/C21H24F3N5O3/c1-12(14-9-15(21(22,23)24)11-16(25)10-14)26-20(32)18-3-4-19(31)29(27-18)17-5-7-28(8-6-17)13(2)30/h3-4,9-12,17H,5-8,25H2,1-2H3,(H,26,32). The zero-order chi connectivity index (χ0) is 23.6. The summed E-state index contributed by atoms with van der Waals surface area (Å²) in [7, 11) is 0. The molecule has 1 saturated heterocycles. The van der Waals surface area contributed by atoms with Gasteiger partial charge >= 0.3 is 6.18 Å². The van der Waals surface area contributed by atoms with E-state index in [9.17, 15) is 27.6 Å². The number of hydrogen-bond acceptors (Lipinski definition) is 5. The fourth-order valence-corrected chi connectivity index (χ4v) is 3.68. The highest BCUT2D eigenvalue weighted by Gasteiger charge is 2.31. The van der Waals surface area contributed by atoms with Gasteiger partial charge in [0.25, 0.3) is 11.5 Å². The van der Waals surface area contributed by atoms with Crippen molar-refractivity contribution in [1.29, 1.82) is 0 Å². The Kier molecular flexibility index (Phi) is 6.56. The second-order valence-corrected chi connectivity index (χ2v) is 7.82. The van der Waals surface area contributed by atoms with Crippen molar-refractivity contribution in [1.82, 2.24) is 20.0 Å². The number of carbonyl (C=O) groups is 2. The molecule has 3 N–H and O–H groups in total. The van der Waals surface area contributed by atoms with Crippen LogP contribution in [0.2, 0.25) is 0 Å². The molecule has 0 spiro atoms. The van der Waals surface area contributed by atoms with E-state index >= 15 is 0 Å². The third-order valence-electron chi connectivity index (χ3n) is 5.47. The molecule has 0 bridgehead atoms. The van der Waals surface area contributed by atoms with Crippen LogP contribution in [0.15, 0.2) is 35.1 Å². The van der Waals surface area contributed by atoms with E-state index in [1.807, 2.05) is 0 Å². The van der Waals surface area contributed by atoms with Gasteiger partial charge < -0.3 is 16.0 Å². The number of piperidine rings is 1. The Morgan fingerprint density at radius 3 is 2.44 bits per heavy atom. The van der Waals surface area contributed by atoms with Gasteiger partial charge in [0.2, 0.25) is 5.91 Å². The lowest BCUT2D eigenvalue weighted by Gasteiger charge is -2.31. The smallest absolute Gasteiger partial charge is 0.399 e. The van der Waals surface area contributed by atoms with E-state index in [1.54, 1.807) is 4.90 Å². The third kappa shape index (κ3) is 5.27. The summed E-state index contributed by atoms with van der Waals surface area (Å²) in [5.74, 6) is -0.676. The first-order valence-corrected chi connectivity index (χ1v) is 10.1. The van der Waals surface area contributed by atoms with E-state index in [0.717, 1.165) is 12.1 Å². The maximum atomic E-state index is 13.1. The molecule has 2 heterocycles. The summed E-state index contributed by atoms with van der Waals surface area (Å²) in [4.78, 5) is 38.1. The van der Waals surface area contributed by atoms with Gasteiger partial charge in [-0.3, -0.25) is 14.4 Å². The van der Waals surface area contributed by atoms with Crippen molar-refractivity contribution in [2.24, 2.45) is 0 Å². The lowest BCUT2D eigenvalue weighted by atomic mass is 10.0. The predicted octanol–water partition coefficient (Wildman–Crippen LogP) is 2.52. The highest BCUT2D eigenvalue weighted by atomic mass is 19.4. The molecule has 8 nitrogen and oxygen atoms in total. The molecule has 1 aliphatic rings. The second-order valence-electron chi connectivity index (χ2n) is 7.82. The van der Waals surface area contributed by atoms with Crippen LogP contribution in [0, 0.1) is 0 Å². The number of likely N-dealkylation sites (tertiary alicyclic amines) is 1. The molecule has 1 unspecified atom stereocenters. The quantitative estimate of drug-likeness (QED) is 0.694. The van der Waals surface area contributed by atoms with Crippen molar-refractivity contribution in [3.05, 3.63) is 57.5 Å². The molecule has 11 heteroatoms. The maximum absolute atomic E-state index is 13.1. The predicted molar refractivity (Wildman–Crippen MR) is 111 cm³/mol. The molecule has 1 atom stereocenters. The van der Waals surface area contributed by atoms with Crippen LogP contribution in [-0.2, 0) is 11.0 Å². The lowest BCUT2D eigenvalue weighted by molar-refractivity contribution is -0.137. The van der Waals surface area contributed by atoms with E-state index in [0.29, 0.717) is 25.9 Å². The number of nitrogens with zero attached hydrogens (tertiary/aromatic N) is 3. The molecule has 0 aliphatic carbocycles. The highest BCUT2D eigenvalue weighted by molar-refractivity contribution is 5.92. The molecule has 1 aliphatic heterocycles. The van der Waals surface area contributed by atoms with Gasteiger partial charge in [0.05, 0.1) is 17.6 Å². The van der Waals surface area contributed by atoms with Crippen LogP contribution in [0.25, 0.3) is 0 Å². The van der Waals surface area contributed by atoms with E-state index < -0.39 is 23.7 Å². The number of rotatable bonds is 4. The number of aromatic nitrogens is 2. The maximum Gasteiger partial charge on any atom is 0.416 e. The van der Waals surface area contributed by atoms with E-state index in [4.69, 9.17) is 5.73 Å². The Morgan fingerprint density at radius 1 is 1.19 bits per heavy atom. The van der Waals surface area contributed by atoms with Crippen LogP contribution in [0.5, 0.6) is 0 Å². The fraction of sp³-hybridized carbons (Fsp3) is 0.429. The van der Waals surface area contributed by atoms with Crippen molar-refractivity contribution >= 4 is 17.5 Å². The first kappa shape index (κ1) is 23.3. The van der Waals surface area contributed by atoms with Gasteiger partial charge in [-0.2, -0.15) is 18.3 Å². The Labute approximate surface area is 182 Å². The molecule has 1 fully saturated rings. The minimum Gasteiger partial charge on any atom is -0.399 e. The number of nitrogens with two attached hydrogens (primary N) is 1. The monoisotopic (exact) mass is 451 g/mol. The topological polar surface area (TPSA) is 110 Å². The number of alkyl halides is 3. The summed E-state index contributed by atoms with van der Waals surface area (Å²) >= 11 is 0. The van der Waals surface area contributed by atoms with E-state index in [1.165, 1.54) is 36.7 Å². The number of benzene rings is 1. The second kappa shape index (κ2) is 9.01. The number of hydrogen-bond donors (Lipinski definition) is 2. The van der Waals surface area contributed by atoms with Crippen molar-refractivity contribution < 1.29 is 22.8 Å². The molecule has 1 aromatic carbocycles. The van der Waals surface area contributed by atoms with E-state index in [2.05, 4.69) is 10.4 Å². The zero-order valence-electron chi connectivity index (χ0n) is 17.6. The van der Waals surface area contributed by atoms with Gasteiger partial charge in [0, 0.05) is 31.8 Å². The van der Waals surface area contributed by atoms with Gasteiger partial charge in [-0.15, -0.1) is 0 Å². The van der Waals surface area contributed by atoms with Crippen LogP contribution in [-0.4, -0.2) is 39.6 Å². The molecule has 1 aromatic heterocycles. The molecule has 32 heavy (non-hydrogen) atoms. The highest BCUT2D eigenvalue weighted by Crippen LogP contribution is 2.32. The molecule has 2 amide bonds. The van der Waals surface area contributed by atoms with Gasteiger partial charge in [0.1, 0.15) is 5.69 Å². The summed E-state index contributed by atoms with van der Waals surface area (Å²) < 4.78 is 40.4. The molecule has 172 valence electrons. The van der Waals surface area contributed by atoms with Crippen molar-refractivity contribution in [2.75, 3.05) is 18.8 Å². The molecule has 0 radical (unpaired) electrons. The zero-order valence-corrected chi connectivity index (χ0v) is 17.6. The Morgan fingerprint density at radius 2 is 1.84 bits per heavy atom. The van der Waals surface area contributed by atoms with Crippen molar-refractivity contribution in [3.63, 3.8) is 0 Å². The Bertz CT molecular complexity index is 1080. The largest absolute Gasteiger partial charge is 0.416 e. The third-order valence-corrected chi connectivity index (χ3v) is 5.47. The van der Waals surface area contributed by atoms with Crippen molar-refractivity contribution in [2.45, 2.75) is 44.9 Å². The number of amides is 2. The van der Waals surface area contributed by atoms with Crippen LogP contribution < -0.4 is 16.6 Å². The normalized spacial score (nSPS) is 16.0. The van der Waals surface area contributed by atoms with Crippen LogP contribution >= 0.6 is 0 Å². The molecule has 2 aromatic rings. The number of carbonyl (C=O) groups excluding carboxylic acids is 2. The first-order valence-electron chi connectivity index (χ1n) is 10.1. The lowest BCUT2D eigenvalue weighted by Crippen LogP contribution is -2.41. The van der Waals surface area contributed by atoms with E-state index in [-0.39, 0.29) is 34.5 Å². The average Bonchev–Trinajstić information content (AvgIpc) is 2.73. The summed E-state index contributed by atoms with van der Waals surface area (Å²) in [6.45, 7) is 3.98. The van der Waals surface area contributed by atoms with Gasteiger partial charge in [-0.1, -0.05) is 0 Å². The van der Waals surface area contributed by atoms with Gasteiger partial charge in [-0.05, 0) is 49.6 Å². The van der Waals surface area contributed by atoms with Gasteiger partial charge in [0.15, 0.2) is 0 Å². The van der Waals surface area contributed by atoms with Crippen LogP contribution in [0.4, 0.5) is 18.9 Å². The number of nitrogens with one attached hydrogen (secondary N) is 1. The molecule has 0 saturated carbocycles. The van der Waals surface area contributed by atoms with Gasteiger partial charge in [-0.25, -0.2) is 4.68 Å². The Balaban J connectivity index is 1.76. The van der Waals surface area contributed by atoms with Crippen LogP contribution in [0.3, 0.4) is 0 Å². The van der Waals surface area contributed by atoms with Crippen LogP contribution in [0.1, 0.15) is 60.4 Å².